The quantitative estimate of drug-likeness (QED) is 0.0630. The number of aryl methyl sites for hydroxylation is 2. The molecule has 1 aliphatic heterocycles. The summed E-state index contributed by atoms with van der Waals surface area (Å²) in [5, 5.41) is 0.0309. The normalized spacial score (nSPS) is 13.6. The summed E-state index contributed by atoms with van der Waals surface area (Å²) in [6.07, 6.45) is 3.90. The molecule has 0 aromatic heterocycles. The first kappa shape index (κ1) is 43.0. The van der Waals surface area contributed by atoms with Crippen LogP contribution < -0.4 is 19.3 Å². The molecule has 6 nitrogen and oxygen atoms in total. The minimum absolute atomic E-state index is 0.0214. The number of methoxy groups -OCH3 is 2. The first-order chi connectivity index (χ1) is 27.8. The highest BCUT2D eigenvalue weighted by molar-refractivity contribution is 6.53. The van der Waals surface area contributed by atoms with Crippen LogP contribution in [0.3, 0.4) is 0 Å². The first-order valence-corrected chi connectivity index (χ1v) is 20.9. The van der Waals surface area contributed by atoms with Gasteiger partial charge in [-0.3, -0.25) is 0 Å². The number of cyclic esters (lactones) is 1. The molecule has 0 spiro atoms. The maximum atomic E-state index is 14.3. The smallest absolute Gasteiger partial charge is 0.341 e. The lowest BCUT2D eigenvalue weighted by Crippen LogP contribution is -2.23. The zero-order valence-electron chi connectivity index (χ0n) is 34.1. The lowest BCUT2D eigenvalue weighted by atomic mass is 9.82. The highest BCUT2D eigenvalue weighted by atomic mass is 35.5. The van der Waals surface area contributed by atoms with E-state index in [4.69, 9.17) is 60.6 Å². The van der Waals surface area contributed by atoms with Crippen molar-refractivity contribution in [3.05, 3.63) is 162 Å². The van der Waals surface area contributed by atoms with Gasteiger partial charge < -0.3 is 24.0 Å². The predicted octanol–water partition coefficient (Wildman–Crippen LogP) is 13.3. The van der Waals surface area contributed by atoms with Gasteiger partial charge in [0.1, 0.15) is 11.5 Å². The van der Waals surface area contributed by atoms with Crippen LogP contribution in [0.5, 0.6) is 11.5 Å². The van der Waals surface area contributed by atoms with Crippen molar-refractivity contribution in [2.75, 3.05) is 50.2 Å². The van der Waals surface area contributed by atoms with E-state index in [1.54, 1.807) is 14.2 Å². The predicted molar refractivity (Wildman–Crippen MR) is 243 cm³/mol. The van der Waals surface area contributed by atoms with E-state index in [1.807, 2.05) is 62.4 Å². The molecule has 0 radical (unpaired) electrons. The second-order valence-electron chi connectivity index (χ2n) is 14.1. The maximum absolute atomic E-state index is 14.3. The molecule has 5 aromatic carbocycles. The summed E-state index contributed by atoms with van der Waals surface area (Å²) in [5.41, 5.74) is 7.88. The second kappa shape index (κ2) is 18.1. The fourth-order valence-corrected chi connectivity index (χ4v) is 8.84. The number of halogens is 4. The van der Waals surface area contributed by atoms with Gasteiger partial charge in [-0.25, -0.2) is 4.79 Å². The van der Waals surface area contributed by atoms with Crippen LogP contribution in [-0.4, -0.2) is 46.4 Å². The molecule has 0 saturated carbocycles. The Balaban J connectivity index is 1.76. The van der Waals surface area contributed by atoms with E-state index in [0.717, 1.165) is 82.1 Å². The van der Waals surface area contributed by atoms with Crippen molar-refractivity contribution in [1.82, 2.24) is 0 Å². The zero-order chi connectivity index (χ0) is 41.9. The van der Waals surface area contributed by atoms with Crippen LogP contribution in [0.1, 0.15) is 77.0 Å². The van der Waals surface area contributed by atoms with Crippen LogP contribution in [0.2, 0.25) is 20.1 Å². The van der Waals surface area contributed by atoms with E-state index < -0.39 is 11.6 Å². The number of carbonyl (C=O) groups is 1. The molecular formula is C48H48Cl4N2O4. The molecular weight excluding hydrogens is 810 g/mol. The highest BCUT2D eigenvalue weighted by Gasteiger charge is 2.48. The third-order valence-corrected chi connectivity index (χ3v) is 12.7. The van der Waals surface area contributed by atoms with Crippen LogP contribution in [-0.2, 0) is 10.3 Å². The number of fused-ring (bicyclic) bond motifs is 1. The molecule has 58 heavy (non-hydrogen) atoms. The van der Waals surface area contributed by atoms with Crippen molar-refractivity contribution in [3.8, 4) is 11.5 Å². The van der Waals surface area contributed by atoms with Crippen molar-refractivity contribution in [3.63, 3.8) is 0 Å². The summed E-state index contributed by atoms with van der Waals surface area (Å²) in [5.74, 6) is 0.746. The zero-order valence-corrected chi connectivity index (χ0v) is 37.1. The molecule has 302 valence electrons. The van der Waals surface area contributed by atoms with Gasteiger partial charge in [0, 0.05) is 43.1 Å². The lowest BCUT2D eigenvalue weighted by Gasteiger charge is -2.28. The van der Waals surface area contributed by atoms with Gasteiger partial charge in [0.25, 0.3) is 0 Å². The van der Waals surface area contributed by atoms with E-state index >= 15 is 0 Å². The molecule has 0 atom stereocenters. The minimum Gasteiger partial charge on any atom is -0.497 e. The molecule has 0 N–H and O–H groups in total. The fourth-order valence-electron chi connectivity index (χ4n) is 7.76. The Labute approximate surface area is 362 Å². The Hall–Kier alpha value is -4.59. The standard InChI is InChI=1S/C48H48Cl4N2O4/c1-9-53(10-2)33-17-13-31(14-18-33)39(37-23-21-35(56-7)25-29(37)5)27-48(42-41(47(55)58-48)43(49)45(51)46(52)44(42)50)28-40(38-24-22-36(57-8)26-30(38)6)32-15-19-34(20-16-32)54(11-3)12-4/h13-28H,9-12H2,1-8H3/b39-27-,40-28-. The SMILES string of the molecule is CCN(CC)c1ccc(/C(=C/C2(/C=C(/c3ccc(N(CC)CC)cc3)c3ccc(OC)cc3C)OC(=O)c3c(Cl)c(Cl)c(Cl)c(Cl)c32)c2ccc(OC)cc2C)cc1. The molecule has 1 aliphatic rings. The topological polar surface area (TPSA) is 51.2 Å². The molecule has 0 aliphatic carbocycles. The van der Waals surface area contributed by atoms with Gasteiger partial charge in [0.05, 0.1) is 39.9 Å². The van der Waals surface area contributed by atoms with E-state index in [9.17, 15) is 4.79 Å². The average molecular weight is 859 g/mol. The summed E-state index contributed by atoms with van der Waals surface area (Å²) in [6, 6.07) is 28.6. The number of hydrogen-bond donors (Lipinski definition) is 0. The molecule has 6 rings (SSSR count). The van der Waals surface area contributed by atoms with Gasteiger partial charge in [-0.05, 0) is 147 Å². The summed E-state index contributed by atoms with van der Waals surface area (Å²) < 4.78 is 17.9. The summed E-state index contributed by atoms with van der Waals surface area (Å²) in [6.45, 7) is 16.0. The van der Waals surface area contributed by atoms with Crippen molar-refractivity contribution in [2.45, 2.75) is 47.1 Å². The van der Waals surface area contributed by atoms with Crippen LogP contribution in [0, 0.1) is 13.8 Å². The number of ether oxygens (including phenoxy) is 3. The van der Waals surface area contributed by atoms with Crippen molar-refractivity contribution < 1.29 is 19.0 Å². The average Bonchev–Trinajstić information content (AvgIpc) is 3.53. The molecule has 0 fully saturated rings. The first-order valence-electron chi connectivity index (χ1n) is 19.4. The Morgan fingerprint density at radius 3 is 1.36 bits per heavy atom. The van der Waals surface area contributed by atoms with Gasteiger partial charge >= 0.3 is 5.97 Å². The molecule has 0 bridgehead atoms. The largest absolute Gasteiger partial charge is 0.497 e. The van der Waals surface area contributed by atoms with Crippen LogP contribution in [0.4, 0.5) is 11.4 Å². The van der Waals surface area contributed by atoms with Crippen molar-refractivity contribution in [2.24, 2.45) is 0 Å². The number of carbonyl (C=O) groups excluding carboxylic acids is 1. The van der Waals surface area contributed by atoms with E-state index in [0.29, 0.717) is 17.1 Å². The monoisotopic (exact) mass is 856 g/mol. The van der Waals surface area contributed by atoms with Crippen molar-refractivity contribution >= 4 is 74.9 Å². The van der Waals surface area contributed by atoms with Crippen molar-refractivity contribution in [1.29, 1.82) is 0 Å². The Bertz CT molecular complexity index is 2260. The van der Waals surface area contributed by atoms with E-state index in [-0.39, 0.29) is 25.7 Å². The summed E-state index contributed by atoms with van der Waals surface area (Å²) in [7, 11) is 3.29. The third kappa shape index (κ3) is 8.18. The number of hydrogen-bond acceptors (Lipinski definition) is 6. The van der Waals surface area contributed by atoms with Gasteiger partial charge in [-0.15, -0.1) is 0 Å². The number of rotatable bonds is 14. The van der Waals surface area contributed by atoms with Gasteiger partial charge in [0.2, 0.25) is 0 Å². The number of esters is 1. The minimum atomic E-state index is -1.65. The van der Waals surface area contributed by atoms with Crippen LogP contribution >= 0.6 is 46.4 Å². The molecule has 10 heteroatoms. The fraction of sp³-hybridized carbons (Fsp3) is 0.271. The third-order valence-electron chi connectivity index (χ3n) is 10.9. The summed E-state index contributed by atoms with van der Waals surface area (Å²) in [4.78, 5) is 18.9. The molecule has 1 heterocycles. The Kier molecular flexibility index (Phi) is 13.4. The maximum Gasteiger partial charge on any atom is 0.341 e. The highest BCUT2D eigenvalue weighted by Crippen LogP contribution is 2.54. The summed E-state index contributed by atoms with van der Waals surface area (Å²) >= 11 is 27.6. The van der Waals surface area contributed by atoms with Crippen LogP contribution in [0.15, 0.2) is 97.1 Å². The Morgan fingerprint density at radius 2 is 1.00 bits per heavy atom. The Morgan fingerprint density at radius 1 is 0.603 bits per heavy atom. The molecule has 0 saturated heterocycles. The van der Waals surface area contributed by atoms with Crippen LogP contribution in [0.25, 0.3) is 11.1 Å². The van der Waals surface area contributed by atoms with E-state index in [1.165, 1.54) is 0 Å². The molecule has 5 aromatic rings. The number of anilines is 2. The molecule has 0 unspecified atom stereocenters. The second-order valence-corrected chi connectivity index (χ2v) is 15.6. The number of benzene rings is 5. The molecule has 0 amide bonds. The lowest BCUT2D eigenvalue weighted by molar-refractivity contribution is 0.0300. The van der Waals surface area contributed by atoms with Gasteiger partial charge in [-0.2, -0.15) is 0 Å². The van der Waals surface area contributed by atoms with Gasteiger partial charge in [-0.1, -0.05) is 82.8 Å². The van der Waals surface area contributed by atoms with E-state index in [2.05, 4.69) is 86.0 Å². The van der Waals surface area contributed by atoms with Gasteiger partial charge in [0.15, 0.2) is 5.60 Å². The number of nitrogens with zero attached hydrogens (tertiary/aromatic N) is 2.